The third-order valence-electron chi connectivity index (χ3n) is 0. The van der Waals surface area contributed by atoms with E-state index in [4.69, 9.17) is 9.90 Å². The fourth-order valence-electron chi connectivity index (χ4n) is 0. The zero-order chi connectivity index (χ0) is 6.28. The molecule has 1 N–H and O–H groups in total. The van der Waals surface area contributed by atoms with Crippen molar-refractivity contribution in [1.29, 1.82) is 0 Å². The maximum Gasteiger partial charge on any atom is 0.300 e. The van der Waals surface area contributed by atoms with Crippen molar-refractivity contribution in [3.63, 3.8) is 0 Å². The molecule has 0 aliphatic carbocycles. The lowest BCUT2D eigenvalue weighted by atomic mass is 10.9. The number of carboxylic acid groups (broad SMARTS) is 1. The highest BCUT2D eigenvalue weighted by Crippen LogP contribution is 1.69. The fraction of sp³-hybridized carbons (Fsp3) is 0.750. The smallest absolute Gasteiger partial charge is 0.300 e. The molecule has 0 saturated heterocycles. The Morgan fingerprint density at radius 2 is 1.86 bits per heavy atom. The van der Waals surface area contributed by atoms with Crippen LogP contribution in [0.1, 0.15) is 13.8 Å². The molecule has 0 heterocycles. The normalized spacial score (nSPS) is 6.14. The Labute approximate surface area is 57.1 Å². The van der Waals surface area contributed by atoms with Gasteiger partial charge in [-0.2, -0.15) is 0 Å². The third kappa shape index (κ3) is 2730. The van der Waals surface area contributed by atoms with Crippen LogP contribution in [0.25, 0.3) is 0 Å². The zero-order valence-electron chi connectivity index (χ0n) is 4.44. The summed E-state index contributed by atoms with van der Waals surface area (Å²) in [6.07, 6.45) is 0. The third-order valence-corrected chi connectivity index (χ3v) is 0. The van der Waals surface area contributed by atoms with Gasteiger partial charge in [-0.1, -0.05) is 29.5 Å². The van der Waals surface area contributed by atoms with Crippen LogP contribution in [0, 0.1) is 0 Å². The Balaban J connectivity index is 0. The van der Waals surface area contributed by atoms with Gasteiger partial charge >= 0.3 is 0 Å². The van der Waals surface area contributed by atoms with E-state index in [1.807, 2.05) is 0 Å². The Morgan fingerprint density at radius 3 is 1.86 bits per heavy atom. The van der Waals surface area contributed by atoms with E-state index in [-0.39, 0.29) is 0 Å². The van der Waals surface area contributed by atoms with Crippen molar-refractivity contribution in [2.24, 2.45) is 0 Å². The SMILES string of the molecule is CC(=O)O.CCI. The van der Waals surface area contributed by atoms with E-state index in [1.165, 1.54) is 4.43 Å². The summed E-state index contributed by atoms with van der Waals surface area (Å²) < 4.78 is 1.22. The predicted octanol–water partition coefficient (Wildman–Crippen LogP) is 1.53. The van der Waals surface area contributed by atoms with Crippen LogP contribution >= 0.6 is 22.6 Å². The number of aliphatic carboxylic acids is 1. The van der Waals surface area contributed by atoms with E-state index < -0.39 is 5.97 Å². The monoisotopic (exact) mass is 216 g/mol. The van der Waals surface area contributed by atoms with Crippen LogP contribution in [0.5, 0.6) is 0 Å². The van der Waals surface area contributed by atoms with Crippen molar-refractivity contribution in [2.45, 2.75) is 13.8 Å². The maximum atomic E-state index is 9.00. The summed E-state index contributed by atoms with van der Waals surface area (Å²) in [5.41, 5.74) is 0. The second-order valence-corrected chi connectivity index (χ2v) is 2.31. The number of carbonyl (C=O) groups is 1. The van der Waals surface area contributed by atoms with Crippen LogP contribution in [0.4, 0.5) is 0 Å². The van der Waals surface area contributed by atoms with Crippen molar-refractivity contribution >= 4 is 28.6 Å². The van der Waals surface area contributed by atoms with Crippen molar-refractivity contribution in [3.8, 4) is 0 Å². The molecule has 3 heteroatoms. The quantitative estimate of drug-likeness (QED) is 0.492. The van der Waals surface area contributed by atoms with E-state index in [0.29, 0.717) is 0 Å². The lowest BCUT2D eigenvalue weighted by molar-refractivity contribution is -0.134. The average Bonchev–Trinajstić information content (AvgIpc) is 1.33. The molecule has 0 radical (unpaired) electrons. The van der Waals surface area contributed by atoms with E-state index in [1.54, 1.807) is 0 Å². The van der Waals surface area contributed by atoms with Gasteiger partial charge in [0.25, 0.3) is 5.97 Å². The van der Waals surface area contributed by atoms with Crippen molar-refractivity contribution in [1.82, 2.24) is 0 Å². The molecule has 0 fully saturated rings. The fourth-order valence-corrected chi connectivity index (χ4v) is 0. The van der Waals surface area contributed by atoms with Gasteiger partial charge in [0, 0.05) is 6.92 Å². The first kappa shape index (κ1) is 10.2. The topological polar surface area (TPSA) is 37.3 Å². The highest BCUT2D eigenvalue weighted by Gasteiger charge is 1.65. The number of hydrogen-bond acceptors (Lipinski definition) is 1. The van der Waals surface area contributed by atoms with Gasteiger partial charge in [-0.15, -0.1) is 0 Å². The van der Waals surface area contributed by atoms with Gasteiger partial charge in [-0.25, -0.2) is 0 Å². The second kappa shape index (κ2) is 9.50. The molecule has 7 heavy (non-hydrogen) atoms. The number of rotatable bonds is 0. The van der Waals surface area contributed by atoms with Crippen LogP contribution in [0.15, 0.2) is 0 Å². The first-order chi connectivity index (χ1) is 3.15. The predicted molar refractivity (Wildman–Crippen MR) is 37.9 cm³/mol. The molecule has 0 saturated carbocycles. The molecule has 44 valence electrons. The largest absolute Gasteiger partial charge is 0.481 e. The molecular formula is C4H9IO2. The van der Waals surface area contributed by atoms with Crippen LogP contribution < -0.4 is 0 Å². The van der Waals surface area contributed by atoms with Crippen LogP contribution in [0.3, 0.4) is 0 Å². The molecule has 0 unspecified atom stereocenters. The Hall–Kier alpha value is 0.200. The summed E-state index contributed by atoms with van der Waals surface area (Å²) in [6, 6.07) is 0. The van der Waals surface area contributed by atoms with Gasteiger partial charge in [0.15, 0.2) is 0 Å². The summed E-state index contributed by atoms with van der Waals surface area (Å²) in [5.74, 6) is -0.833. The van der Waals surface area contributed by atoms with Gasteiger partial charge in [0.1, 0.15) is 0 Å². The average molecular weight is 216 g/mol. The number of hydrogen-bond donors (Lipinski definition) is 1. The molecule has 0 atom stereocenters. The van der Waals surface area contributed by atoms with Gasteiger partial charge in [-0.3, -0.25) is 4.79 Å². The molecule has 0 amide bonds. The molecule has 0 aliphatic heterocycles. The lowest BCUT2D eigenvalue weighted by Gasteiger charge is -1.59. The lowest BCUT2D eigenvalue weighted by Crippen LogP contribution is -1.78. The minimum Gasteiger partial charge on any atom is -0.481 e. The van der Waals surface area contributed by atoms with Crippen LogP contribution in [-0.4, -0.2) is 15.5 Å². The molecule has 0 rings (SSSR count). The van der Waals surface area contributed by atoms with Crippen LogP contribution in [0.2, 0.25) is 0 Å². The zero-order valence-corrected chi connectivity index (χ0v) is 6.60. The minimum atomic E-state index is -0.833. The minimum absolute atomic E-state index is 0.833. The first-order valence-electron chi connectivity index (χ1n) is 1.90. The van der Waals surface area contributed by atoms with Gasteiger partial charge in [-0.05, 0) is 4.43 Å². The molecular weight excluding hydrogens is 207 g/mol. The summed E-state index contributed by atoms with van der Waals surface area (Å²) in [5, 5.41) is 7.42. The molecule has 2 nitrogen and oxygen atoms in total. The van der Waals surface area contributed by atoms with Crippen molar-refractivity contribution < 1.29 is 9.90 Å². The van der Waals surface area contributed by atoms with Crippen molar-refractivity contribution in [3.05, 3.63) is 0 Å². The molecule has 0 aromatic carbocycles. The van der Waals surface area contributed by atoms with Crippen LogP contribution in [-0.2, 0) is 4.79 Å². The van der Waals surface area contributed by atoms with E-state index >= 15 is 0 Å². The second-order valence-electron chi connectivity index (χ2n) is 0.786. The maximum absolute atomic E-state index is 9.00. The molecule has 0 spiro atoms. The highest BCUT2D eigenvalue weighted by atomic mass is 127. The van der Waals surface area contributed by atoms with Gasteiger partial charge in [0.2, 0.25) is 0 Å². The first-order valence-corrected chi connectivity index (χ1v) is 3.43. The number of alkyl halides is 1. The van der Waals surface area contributed by atoms with Gasteiger partial charge < -0.3 is 5.11 Å². The molecule has 0 bridgehead atoms. The summed E-state index contributed by atoms with van der Waals surface area (Å²) >= 11 is 2.29. The molecule has 0 aliphatic rings. The summed E-state index contributed by atoms with van der Waals surface area (Å²) in [6.45, 7) is 3.20. The highest BCUT2D eigenvalue weighted by molar-refractivity contribution is 14.1. The molecule has 0 aromatic heterocycles. The number of halogens is 1. The van der Waals surface area contributed by atoms with E-state index in [0.717, 1.165) is 6.92 Å². The number of carboxylic acids is 1. The summed E-state index contributed by atoms with van der Waals surface area (Å²) in [7, 11) is 0. The standard InChI is InChI=1S/C2H5I.C2H4O2/c1-2-3;1-2(3)4/h2H2,1H3;1H3,(H,3,4). The van der Waals surface area contributed by atoms with E-state index in [2.05, 4.69) is 29.5 Å². The summed E-state index contributed by atoms with van der Waals surface area (Å²) in [4.78, 5) is 9.00. The van der Waals surface area contributed by atoms with Crippen molar-refractivity contribution in [2.75, 3.05) is 4.43 Å². The Morgan fingerprint density at radius 1 is 1.86 bits per heavy atom. The Kier molecular flexibility index (Phi) is 13.9. The molecule has 0 aromatic rings. The van der Waals surface area contributed by atoms with E-state index in [9.17, 15) is 0 Å². The Bertz CT molecular complexity index is 41.0. The van der Waals surface area contributed by atoms with Gasteiger partial charge in [0.05, 0.1) is 0 Å².